The fourth-order valence-corrected chi connectivity index (χ4v) is 1.34. The van der Waals surface area contributed by atoms with Crippen molar-refractivity contribution in [3.63, 3.8) is 0 Å². The quantitative estimate of drug-likeness (QED) is 0.390. The van der Waals surface area contributed by atoms with Crippen molar-refractivity contribution in [3.8, 4) is 12.3 Å². The molecule has 2 nitrogen and oxygen atoms in total. The molecule has 0 amide bonds. The first kappa shape index (κ1) is 8.22. The van der Waals surface area contributed by atoms with Crippen LogP contribution in [0, 0.1) is 12.3 Å². The van der Waals surface area contributed by atoms with Crippen molar-refractivity contribution < 1.29 is 4.42 Å². The number of thioether (sulfide) groups is 1. The highest BCUT2D eigenvalue weighted by Crippen LogP contribution is 2.15. The largest absolute Gasteiger partial charge is 0.440 e. The average molecular weight is 167 g/mol. The van der Waals surface area contributed by atoms with Crippen LogP contribution >= 0.6 is 11.8 Å². The van der Waals surface area contributed by atoms with Gasteiger partial charge in [0.25, 0.3) is 5.22 Å². The topological polar surface area (TPSA) is 26.0 Å². The fraction of sp³-hybridized carbons (Fsp3) is 0.375. The molecule has 1 aromatic rings. The maximum absolute atomic E-state index is 5.09. The predicted octanol–water partition coefficient (Wildman–Crippen LogP) is 2.18. The van der Waals surface area contributed by atoms with Crippen molar-refractivity contribution in [3.05, 3.63) is 12.5 Å². The van der Waals surface area contributed by atoms with Crippen LogP contribution in [0.2, 0.25) is 0 Å². The van der Waals surface area contributed by atoms with Crippen LogP contribution in [0.5, 0.6) is 0 Å². The average Bonchev–Trinajstić information content (AvgIpc) is 2.50. The number of rotatable bonds is 4. The molecule has 0 aliphatic carbocycles. The van der Waals surface area contributed by atoms with Gasteiger partial charge < -0.3 is 4.42 Å². The van der Waals surface area contributed by atoms with E-state index in [9.17, 15) is 0 Å². The van der Waals surface area contributed by atoms with Gasteiger partial charge in [-0.1, -0.05) is 11.8 Å². The molecule has 0 saturated carbocycles. The molecule has 0 unspecified atom stereocenters. The SMILES string of the molecule is C#CCCCSc1ncco1. The Bertz CT molecular complexity index is 225. The third kappa shape index (κ3) is 3.15. The van der Waals surface area contributed by atoms with E-state index in [1.807, 2.05) is 0 Å². The summed E-state index contributed by atoms with van der Waals surface area (Å²) in [6.45, 7) is 0. The maximum Gasteiger partial charge on any atom is 0.255 e. The van der Waals surface area contributed by atoms with Crippen molar-refractivity contribution >= 4 is 11.8 Å². The normalized spacial score (nSPS) is 9.36. The van der Waals surface area contributed by atoms with Gasteiger partial charge in [-0.15, -0.1) is 12.3 Å². The Morgan fingerprint density at radius 2 is 2.64 bits per heavy atom. The second kappa shape index (κ2) is 4.86. The van der Waals surface area contributed by atoms with Gasteiger partial charge >= 0.3 is 0 Å². The Morgan fingerprint density at radius 3 is 3.27 bits per heavy atom. The molecule has 0 aliphatic heterocycles. The van der Waals surface area contributed by atoms with Gasteiger partial charge in [-0.2, -0.15) is 0 Å². The number of oxazole rings is 1. The van der Waals surface area contributed by atoms with Crippen molar-refractivity contribution in [2.45, 2.75) is 18.1 Å². The first-order valence-electron chi connectivity index (χ1n) is 3.39. The zero-order valence-electron chi connectivity index (χ0n) is 6.12. The lowest BCUT2D eigenvalue weighted by molar-refractivity contribution is 0.454. The molecular formula is C8H9NOS. The fourth-order valence-electron chi connectivity index (χ4n) is 0.615. The Morgan fingerprint density at radius 1 is 1.73 bits per heavy atom. The van der Waals surface area contributed by atoms with E-state index in [4.69, 9.17) is 10.8 Å². The summed E-state index contributed by atoms with van der Waals surface area (Å²) in [4.78, 5) is 3.96. The van der Waals surface area contributed by atoms with Crippen LogP contribution < -0.4 is 0 Å². The smallest absolute Gasteiger partial charge is 0.255 e. The van der Waals surface area contributed by atoms with Crippen LogP contribution in [0.1, 0.15) is 12.8 Å². The van der Waals surface area contributed by atoms with Crippen LogP contribution in [-0.2, 0) is 0 Å². The minimum Gasteiger partial charge on any atom is -0.440 e. The molecule has 0 radical (unpaired) electrons. The third-order valence-corrected chi connectivity index (χ3v) is 2.04. The van der Waals surface area contributed by atoms with Crippen molar-refractivity contribution in [2.75, 3.05) is 5.75 Å². The number of hydrogen-bond acceptors (Lipinski definition) is 3. The number of terminal acetylenes is 1. The van der Waals surface area contributed by atoms with Crippen LogP contribution in [-0.4, -0.2) is 10.7 Å². The zero-order chi connectivity index (χ0) is 7.94. The molecule has 3 heteroatoms. The second-order valence-electron chi connectivity index (χ2n) is 1.95. The van der Waals surface area contributed by atoms with E-state index in [1.54, 1.807) is 24.2 Å². The summed E-state index contributed by atoms with van der Waals surface area (Å²) >= 11 is 1.59. The molecule has 58 valence electrons. The Hall–Kier alpha value is -0.880. The van der Waals surface area contributed by atoms with E-state index in [0.29, 0.717) is 0 Å². The Balaban J connectivity index is 2.10. The van der Waals surface area contributed by atoms with Gasteiger partial charge in [0.2, 0.25) is 0 Å². The first-order chi connectivity index (χ1) is 5.43. The zero-order valence-corrected chi connectivity index (χ0v) is 6.93. The Labute approximate surface area is 70.4 Å². The van der Waals surface area contributed by atoms with E-state index in [2.05, 4.69) is 10.9 Å². The van der Waals surface area contributed by atoms with Gasteiger partial charge in [-0.3, -0.25) is 0 Å². The predicted molar refractivity (Wildman–Crippen MR) is 45.3 cm³/mol. The van der Waals surface area contributed by atoms with Gasteiger partial charge in [-0.25, -0.2) is 4.98 Å². The van der Waals surface area contributed by atoms with E-state index in [-0.39, 0.29) is 0 Å². The molecule has 1 aromatic heterocycles. The van der Waals surface area contributed by atoms with Crippen LogP contribution in [0.25, 0.3) is 0 Å². The summed E-state index contributed by atoms with van der Waals surface area (Å²) in [6, 6.07) is 0. The van der Waals surface area contributed by atoms with Crippen LogP contribution in [0.3, 0.4) is 0 Å². The van der Waals surface area contributed by atoms with Crippen LogP contribution in [0.4, 0.5) is 0 Å². The lowest BCUT2D eigenvalue weighted by atomic mass is 10.4. The van der Waals surface area contributed by atoms with E-state index in [1.165, 1.54) is 0 Å². The highest BCUT2D eigenvalue weighted by molar-refractivity contribution is 7.99. The highest BCUT2D eigenvalue weighted by Gasteiger charge is 1.95. The minimum absolute atomic E-state index is 0.724. The summed E-state index contributed by atoms with van der Waals surface area (Å²) < 4.78 is 5.01. The monoisotopic (exact) mass is 167 g/mol. The number of aromatic nitrogens is 1. The van der Waals surface area contributed by atoms with Gasteiger partial charge in [0.15, 0.2) is 0 Å². The molecule has 0 saturated heterocycles. The summed E-state index contributed by atoms with van der Waals surface area (Å²) in [6.07, 6.45) is 10.1. The molecule has 0 N–H and O–H groups in total. The number of nitrogens with zero attached hydrogens (tertiary/aromatic N) is 1. The molecule has 1 heterocycles. The standard InChI is InChI=1S/C8H9NOS/c1-2-3-4-7-11-8-9-5-6-10-8/h1,5-6H,3-4,7H2. The van der Waals surface area contributed by atoms with E-state index < -0.39 is 0 Å². The molecular weight excluding hydrogens is 158 g/mol. The number of hydrogen-bond donors (Lipinski definition) is 0. The molecule has 0 bridgehead atoms. The van der Waals surface area contributed by atoms with Crippen molar-refractivity contribution in [2.24, 2.45) is 0 Å². The van der Waals surface area contributed by atoms with Gasteiger partial charge in [0.05, 0.1) is 6.20 Å². The molecule has 0 aliphatic rings. The second-order valence-corrected chi connectivity index (χ2v) is 3.00. The molecule has 0 atom stereocenters. The summed E-state index contributed by atoms with van der Waals surface area (Å²) in [5.41, 5.74) is 0. The molecule has 1 rings (SSSR count). The van der Waals surface area contributed by atoms with Crippen molar-refractivity contribution in [1.82, 2.24) is 4.98 Å². The minimum atomic E-state index is 0.724. The molecule has 11 heavy (non-hydrogen) atoms. The maximum atomic E-state index is 5.09. The first-order valence-corrected chi connectivity index (χ1v) is 4.38. The molecule has 0 aromatic carbocycles. The third-order valence-electron chi connectivity index (χ3n) is 1.10. The lowest BCUT2D eigenvalue weighted by Gasteiger charge is -1.91. The van der Waals surface area contributed by atoms with Gasteiger partial charge in [-0.05, 0) is 6.42 Å². The Kier molecular flexibility index (Phi) is 3.63. The van der Waals surface area contributed by atoms with Crippen molar-refractivity contribution in [1.29, 1.82) is 0 Å². The summed E-state index contributed by atoms with van der Waals surface area (Å²) in [5.74, 6) is 3.56. The number of unbranched alkanes of at least 4 members (excludes halogenated alkanes) is 1. The van der Waals surface area contributed by atoms with Gasteiger partial charge in [0, 0.05) is 12.2 Å². The summed E-state index contributed by atoms with van der Waals surface area (Å²) in [7, 11) is 0. The van der Waals surface area contributed by atoms with E-state index in [0.717, 1.165) is 23.8 Å². The van der Waals surface area contributed by atoms with E-state index >= 15 is 0 Å². The summed E-state index contributed by atoms with van der Waals surface area (Å²) in [5, 5.41) is 0.724. The molecule has 0 fully saturated rings. The molecule has 0 spiro atoms. The van der Waals surface area contributed by atoms with Gasteiger partial charge in [0.1, 0.15) is 6.26 Å². The van der Waals surface area contributed by atoms with Crippen LogP contribution in [0.15, 0.2) is 22.1 Å². The highest BCUT2D eigenvalue weighted by atomic mass is 32.2. The lowest BCUT2D eigenvalue weighted by Crippen LogP contribution is -1.77.